The number of rotatable bonds is 4. The van der Waals surface area contributed by atoms with Gasteiger partial charge in [-0.3, -0.25) is 9.78 Å². The van der Waals surface area contributed by atoms with Gasteiger partial charge in [0.2, 0.25) is 5.91 Å². The summed E-state index contributed by atoms with van der Waals surface area (Å²) in [6.07, 6.45) is 5.83. The normalized spacial score (nSPS) is 24.7. The lowest BCUT2D eigenvalue weighted by Crippen LogP contribution is -2.35. The van der Waals surface area contributed by atoms with Crippen LogP contribution in [0.5, 0.6) is 0 Å². The molecule has 1 aliphatic carbocycles. The standard InChI is InChI=1S/C15H23N3O/c1-11(14-4-2-3-9-17-14)18-15(19)13-7-5-12(10-16)6-8-13/h2-4,9,11-13H,5-8,10,16H2,1H3,(H,18,19)/t11-,12?,13?/m0/s1. The van der Waals surface area contributed by atoms with E-state index >= 15 is 0 Å². The number of pyridine rings is 1. The molecule has 3 N–H and O–H groups in total. The van der Waals surface area contributed by atoms with Gasteiger partial charge in [0, 0.05) is 12.1 Å². The van der Waals surface area contributed by atoms with Gasteiger partial charge in [-0.2, -0.15) is 0 Å². The molecule has 4 nitrogen and oxygen atoms in total. The van der Waals surface area contributed by atoms with Crippen molar-refractivity contribution in [3.05, 3.63) is 30.1 Å². The average Bonchev–Trinajstić information content (AvgIpc) is 2.48. The quantitative estimate of drug-likeness (QED) is 0.871. The number of nitrogens with one attached hydrogen (secondary N) is 1. The van der Waals surface area contributed by atoms with Gasteiger partial charge in [0.1, 0.15) is 0 Å². The van der Waals surface area contributed by atoms with E-state index in [-0.39, 0.29) is 17.9 Å². The number of aromatic nitrogens is 1. The van der Waals surface area contributed by atoms with Crippen LogP contribution in [0.1, 0.15) is 44.3 Å². The van der Waals surface area contributed by atoms with E-state index in [1.54, 1.807) is 6.20 Å². The third-order valence-corrected chi connectivity index (χ3v) is 4.04. The molecule has 4 heteroatoms. The Morgan fingerprint density at radius 1 is 1.42 bits per heavy atom. The van der Waals surface area contributed by atoms with Crippen LogP contribution in [-0.4, -0.2) is 17.4 Å². The van der Waals surface area contributed by atoms with Crippen molar-refractivity contribution in [1.82, 2.24) is 10.3 Å². The third-order valence-electron chi connectivity index (χ3n) is 4.04. The van der Waals surface area contributed by atoms with Gasteiger partial charge in [-0.1, -0.05) is 6.07 Å². The Bertz CT molecular complexity index is 399. The van der Waals surface area contributed by atoms with Crippen molar-refractivity contribution in [2.75, 3.05) is 6.54 Å². The summed E-state index contributed by atoms with van der Waals surface area (Å²) in [5.41, 5.74) is 6.58. The average molecular weight is 261 g/mol. The van der Waals surface area contributed by atoms with Crippen LogP contribution in [0, 0.1) is 11.8 Å². The van der Waals surface area contributed by atoms with Crippen LogP contribution in [0.4, 0.5) is 0 Å². The molecular formula is C15H23N3O. The largest absolute Gasteiger partial charge is 0.348 e. The summed E-state index contributed by atoms with van der Waals surface area (Å²) in [5, 5.41) is 3.07. The summed E-state index contributed by atoms with van der Waals surface area (Å²) >= 11 is 0. The highest BCUT2D eigenvalue weighted by Crippen LogP contribution is 2.28. The minimum atomic E-state index is -0.0269. The number of carbonyl (C=O) groups is 1. The molecule has 1 amide bonds. The van der Waals surface area contributed by atoms with E-state index < -0.39 is 0 Å². The highest BCUT2D eigenvalue weighted by atomic mass is 16.1. The number of nitrogens with two attached hydrogens (primary N) is 1. The first-order chi connectivity index (χ1) is 9.20. The lowest BCUT2D eigenvalue weighted by Gasteiger charge is -2.27. The summed E-state index contributed by atoms with van der Waals surface area (Å²) in [5.74, 6) is 0.917. The first-order valence-electron chi connectivity index (χ1n) is 7.12. The fourth-order valence-corrected chi connectivity index (χ4v) is 2.70. The van der Waals surface area contributed by atoms with Crippen molar-refractivity contribution in [2.24, 2.45) is 17.6 Å². The van der Waals surface area contributed by atoms with Crippen LogP contribution in [0.25, 0.3) is 0 Å². The molecule has 0 radical (unpaired) electrons. The van der Waals surface area contributed by atoms with Crippen LogP contribution < -0.4 is 11.1 Å². The monoisotopic (exact) mass is 261 g/mol. The van der Waals surface area contributed by atoms with Gasteiger partial charge in [0.15, 0.2) is 0 Å². The molecule has 19 heavy (non-hydrogen) atoms. The minimum absolute atomic E-state index is 0.0269. The predicted octanol–water partition coefficient (Wildman–Crippen LogP) is 2.02. The second kappa shape index (κ2) is 6.66. The van der Waals surface area contributed by atoms with Crippen LogP contribution in [0.3, 0.4) is 0 Å². The minimum Gasteiger partial charge on any atom is -0.348 e. The van der Waals surface area contributed by atoms with E-state index in [1.807, 2.05) is 25.1 Å². The Labute approximate surface area is 114 Å². The molecule has 2 rings (SSSR count). The number of hydrogen-bond donors (Lipinski definition) is 2. The molecule has 0 spiro atoms. The highest BCUT2D eigenvalue weighted by molar-refractivity contribution is 5.79. The van der Waals surface area contributed by atoms with E-state index in [9.17, 15) is 4.79 Å². The van der Waals surface area contributed by atoms with E-state index in [1.165, 1.54) is 0 Å². The van der Waals surface area contributed by atoms with E-state index in [0.717, 1.165) is 37.9 Å². The molecule has 0 saturated heterocycles. The summed E-state index contributed by atoms with van der Waals surface area (Å²) in [7, 11) is 0. The maximum atomic E-state index is 12.2. The van der Waals surface area contributed by atoms with Crippen molar-refractivity contribution in [3.63, 3.8) is 0 Å². The Hall–Kier alpha value is -1.42. The molecule has 0 bridgehead atoms. The Balaban J connectivity index is 1.84. The van der Waals surface area contributed by atoms with Gasteiger partial charge in [-0.15, -0.1) is 0 Å². The molecular weight excluding hydrogens is 238 g/mol. The fraction of sp³-hybridized carbons (Fsp3) is 0.600. The molecule has 1 saturated carbocycles. The summed E-state index contributed by atoms with van der Waals surface area (Å²) in [6.45, 7) is 2.73. The van der Waals surface area contributed by atoms with Crippen molar-refractivity contribution in [1.29, 1.82) is 0 Å². The van der Waals surface area contributed by atoms with Crippen LogP contribution in [0.2, 0.25) is 0 Å². The van der Waals surface area contributed by atoms with Crippen molar-refractivity contribution < 1.29 is 4.79 Å². The molecule has 1 aromatic heterocycles. The van der Waals surface area contributed by atoms with Gasteiger partial charge in [0.05, 0.1) is 11.7 Å². The first-order valence-corrected chi connectivity index (χ1v) is 7.12. The predicted molar refractivity (Wildman–Crippen MR) is 75.3 cm³/mol. The molecule has 1 aliphatic rings. The second-order valence-corrected chi connectivity index (χ2v) is 5.44. The molecule has 1 fully saturated rings. The molecule has 1 heterocycles. The van der Waals surface area contributed by atoms with Crippen molar-refractivity contribution in [3.8, 4) is 0 Å². The summed E-state index contributed by atoms with van der Waals surface area (Å²) in [6, 6.07) is 5.74. The van der Waals surface area contributed by atoms with Gasteiger partial charge < -0.3 is 11.1 Å². The maximum absolute atomic E-state index is 12.2. The molecule has 104 valence electrons. The number of carbonyl (C=O) groups excluding carboxylic acids is 1. The topological polar surface area (TPSA) is 68.0 Å². The number of amides is 1. The molecule has 1 atom stereocenters. The summed E-state index contributed by atoms with van der Waals surface area (Å²) in [4.78, 5) is 16.5. The third kappa shape index (κ3) is 3.77. The van der Waals surface area contributed by atoms with Gasteiger partial charge in [-0.25, -0.2) is 0 Å². The van der Waals surface area contributed by atoms with E-state index in [4.69, 9.17) is 5.73 Å². The zero-order valence-corrected chi connectivity index (χ0v) is 11.5. The highest BCUT2D eigenvalue weighted by Gasteiger charge is 2.26. The zero-order valence-electron chi connectivity index (χ0n) is 11.5. The van der Waals surface area contributed by atoms with Gasteiger partial charge >= 0.3 is 0 Å². The Morgan fingerprint density at radius 2 is 2.16 bits per heavy atom. The van der Waals surface area contributed by atoms with Crippen LogP contribution >= 0.6 is 0 Å². The Kier molecular flexibility index (Phi) is 4.91. The number of nitrogens with zero attached hydrogens (tertiary/aromatic N) is 1. The Morgan fingerprint density at radius 3 is 2.74 bits per heavy atom. The molecule has 0 aromatic carbocycles. The molecule has 0 unspecified atom stereocenters. The van der Waals surface area contributed by atoms with Gasteiger partial charge in [0.25, 0.3) is 0 Å². The van der Waals surface area contributed by atoms with Crippen molar-refractivity contribution >= 4 is 5.91 Å². The zero-order chi connectivity index (χ0) is 13.7. The van der Waals surface area contributed by atoms with E-state index in [2.05, 4.69) is 10.3 Å². The van der Waals surface area contributed by atoms with Crippen LogP contribution in [0.15, 0.2) is 24.4 Å². The first kappa shape index (κ1) is 14.0. The second-order valence-electron chi connectivity index (χ2n) is 5.44. The summed E-state index contributed by atoms with van der Waals surface area (Å²) < 4.78 is 0. The van der Waals surface area contributed by atoms with Crippen molar-refractivity contribution in [2.45, 2.75) is 38.6 Å². The van der Waals surface area contributed by atoms with Gasteiger partial charge in [-0.05, 0) is 57.2 Å². The lowest BCUT2D eigenvalue weighted by atomic mass is 9.81. The SMILES string of the molecule is C[C@H](NC(=O)C1CCC(CN)CC1)c1ccccn1. The van der Waals surface area contributed by atoms with E-state index in [0.29, 0.717) is 5.92 Å². The molecule has 0 aliphatic heterocycles. The smallest absolute Gasteiger partial charge is 0.223 e. The molecule has 1 aromatic rings. The maximum Gasteiger partial charge on any atom is 0.223 e. The fourth-order valence-electron chi connectivity index (χ4n) is 2.70. The number of hydrogen-bond acceptors (Lipinski definition) is 3. The van der Waals surface area contributed by atoms with Crippen LogP contribution in [-0.2, 0) is 4.79 Å². The lowest BCUT2D eigenvalue weighted by molar-refractivity contribution is -0.126.